The lowest BCUT2D eigenvalue weighted by Gasteiger charge is -2.31. The molecule has 0 spiro atoms. The molecule has 7 rings (SSSR count). The molecule has 2 fully saturated rings. The molecular weight excluding hydrogens is 954 g/mol. The predicted octanol–water partition coefficient (Wildman–Crippen LogP) is 7.05. The number of ether oxygens (including phenoxy) is 3. The van der Waals surface area contributed by atoms with Gasteiger partial charge in [0.05, 0.1) is 37.0 Å². The second kappa shape index (κ2) is 38.4. The third-order valence-corrected chi connectivity index (χ3v) is 11.2. The number of hydrogen-bond acceptors (Lipinski definition) is 16. The molecule has 416 valence electrons. The van der Waals surface area contributed by atoms with E-state index in [0.717, 1.165) is 116 Å². The van der Waals surface area contributed by atoms with E-state index in [2.05, 4.69) is 49.9 Å². The summed E-state index contributed by atoms with van der Waals surface area (Å²) in [6, 6.07) is 12.4. The maximum absolute atomic E-state index is 12.8. The molecule has 20 heteroatoms. The Morgan fingerprint density at radius 2 is 1.24 bits per heavy atom. The average molecular weight is 1050 g/mol. The summed E-state index contributed by atoms with van der Waals surface area (Å²) < 4.78 is 29.1. The number of likely N-dealkylation sites (tertiary alicyclic amines) is 2. The van der Waals surface area contributed by atoms with E-state index < -0.39 is 0 Å². The van der Waals surface area contributed by atoms with Crippen molar-refractivity contribution in [3.63, 3.8) is 0 Å². The summed E-state index contributed by atoms with van der Waals surface area (Å²) in [7, 11) is 17.1. The number of nitrogens with one attached hydrogen (secondary N) is 3. The molecule has 75 heavy (non-hydrogen) atoms. The Morgan fingerprint density at radius 3 is 1.72 bits per heavy atom. The molecule has 4 aromatic heterocycles. The number of amidine groups is 2. The van der Waals surface area contributed by atoms with Gasteiger partial charge >= 0.3 is 0 Å². The highest BCUT2D eigenvalue weighted by Gasteiger charge is 2.22. The first kappa shape index (κ1) is 66.9. The van der Waals surface area contributed by atoms with Gasteiger partial charge < -0.3 is 44.0 Å². The van der Waals surface area contributed by atoms with E-state index in [1.807, 2.05) is 131 Å². The first-order chi connectivity index (χ1) is 35.6. The van der Waals surface area contributed by atoms with Crippen LogP contribution in [0.3, 0.4) is 0 Å². The number of rotatable bonds is 12. The highest BCUT2D eigenvalue weighted by Crippen LogP contribution is 2.14. The second-order valence-electron chi connectivity index (χ2n) is 18.9. The Bertz CT molecular complexity index is 2260. The number of benzene rings is 1. The zero-order valence-corrected chi connectivity index (χ0v) is 48.1. The Hall–Kier alpha value is -6.16. The summed E-state index contributed by atoms with van der Waals surface area (Å²) in [5.41, 5.74) is 7.54. The van der Waals surface area contributed by atoms with E-state index in [1.165, 1.54) is 18.0 Å². The Balaban J connectivity index is 0.000000439. The first-order valence-corrected chi connectivity index (χ1v) is 25.2. The van der Waals surface area contributed by atoms with Crippen molar-refractivity contribution in [3.05, 3.63) is 131 Å². The highest BCUT2D eigenvalue weighted by atomic mass is 19.1. The van der Waals surface area contributed by atoms with Gasteiger partial charge in [0.1, 0.15) is 18.0 Å². The van der Waals surface area contributed by atoms with Gasteiger partial charge in [-0.25, -0.2) is 34.3 Å². The van der Waals surface area contributed by atoms with E-state index in [0.29, 0.717) is 36.4 Å². The van der Waals surface area contributed by atoms with Crippen LogP contribution >= 0.6 is 0 Å². The molecule has 0 amide bonds. The Labute approximate surface area is 448 Å². The summed E-state index contributed by atoms with van der Waals surface area (Å²) >= 11 is 0. The van der Waals surface area contributed by atoms with E-state index in [4.69, 9.17) is 30.2 Å². The molecule has 0 radical (unpaired) electrons. The summed E-state index contributed by atoms with van der Waals surface area (Å²) in [5, 5.41) is 26.9. The van der Waals surface area contributed by atoms with Crippen LogP contribution in [0.25, 0.3) is 0 Å². The van der Waals surface area contributed by atoms with E-state index in [-0.39, 0.29) is 5.82 Å². The fraction of sp³-hybridized carbons (Fsp3) is 0.545. The lowest BCUT2D eigenvalue weighted by Crippen LogP contribution is -2.39. The number of aryl methyl sites for hydroxylation is 5. The Kier molecular flexibility index (Phi) is 34.2. The highest BCUT2D eigenvalue weighted by molar-refractivity contribution is 5.76. The number of hydrogen-bond donors (Lipinski definition) is 4. The number of methoxy groups -OCH3 is 3. The first-order valence-electron chi connectivity index (χ1n) is 25.2. The number of nitrogens with zero attached hydrogens (tertiary/aromatic N) is 12. The van der Waals surface area contributed by atoms with Gasteiger partial charge in [0, 0.05) is 119 Å². The van der Waals surface area contributed by atoms with E-state index in [1.54, 1.807) is 58.4 Å². The number of aromatic nitrogens is 7. The number of piperidine rings is 1. The van der Waals surface area contributed by atoms with Crippen LogP contribution in [-0.2, 0) is 33.8 Å². The second-order valence-corrected chi connectivity index (χ2v) is 18.9. The lowest BCUT2D eigenvalue weighted by atomic mass is 10.1. The quantitative estimate of drug-likeness (QED) is 0.0325. The van der Waals surface area contributed by atoms with Gasteiger partial charge in [0.25, 0.3) is 0 Å². The van der Waals surface area contributed by atoms with Crippen molar-refractivity contribution in [2.24, 2.45) is 0 Å². The van der Waals surface area contributed by atoms with Crippen LogP contribution in [0.15, 0.2) is 79.8 Å². The van der Waals surface area contributed by atoms with Crippen LogP contribution in [0.5, 0.6) is 0 Å². The largest absolute Gasteiger partial charge is 0.383 e. The molecule has 0 bridgehead atoms. The molecule has 0 saturated carbocycles. The maximum atomic E-state index is 12.8. The predicted molar refractivity (Wildman–Crippen MR) is 298 cm³/mol. The van der Waals surface area contributed by atoms with E-state index in [9.17, 15) is 4.39 Å². The molecule has 4 N–H and O–H groups in total. The molecule has 1 atom stereocenters. The number of anilines is 1. The van der Waals surface area contributed by atoms with Crippen LogP contribution in [0.2, 0.25) is 0 Å². The van der Waals surface area contributed by atoms with Gasteiger partial charge in [-0.3, -0.25) is 16.0 Å². The van der Waals surface area contributed by atoms with Crippen LogP contribution in [0, 0.1) is 51.3 Å². The fourth-order valence-electron chi connectivity index (χ4n) is 6.92. The standard InChI is InChI=1S/C10H14FN.C9H15N2O.C8H13N3O.C8H13N3.C8H16N2O.C7H14N2O.C5H6N2/c1-8-4-5-10(11)6-9(8)7-12(2)3;1-8-4-5-11(12)7-9(8)6-10(2)3;1-7-3-4-9-8(11-7)10-5-6-12-2;1-7-4-5-9-8(10-7)6-11(2)3;1-7(9)10-5-3-8(11-2)4-6-10;1-6(8)9-4-3-7(5-9)10-2;1-5-2-3-6-4-7-5/h4-6H,7H2,1-3H3;4-5,7,12H,6H2,1-3H3;3-4H,5-6H2,1-2H3,(H,9,10,11);4-5H,6H2,1-3H3;8-9H,3-6H2,1-2H3;7-8H,3-5H2,1-2H3;2-4H,1H3/q;+1;;;;;. The average Bonchev–Trinajstić information content (AvgIpc) is 3.86. The van der Waals surface area contributed by atoms with Crippen LogP contribution in [0.1, 0.15) is 78.3 Å². The number of pyridine rings is 1. The van der Waals surface area contributed by atoms with Gasteiger partial charge in [-0.15, -0.1) is 0 Å². The summed E-state index contributed by atoms with van der Waals surface area (Å²) in [6.45, 7) is 21.2. The molecule has 1 unspecified atom stereocenters. The molecule has 19 nitrogen and oxygen atoms in total. The Morgan fingerprint density at radius 1 is 0.693 bits per heavy atom. The van der Waals surface area contributed by atoms with Crippen molar-refractivity contribution in [1.82, 2.24) is 54.4 Å². The number of halogens is 1. The van der Waals surface area contributed by atoms with Gasteiger partial charge in [-0.1, -0.05) is 6.07 Å². The normalized spacial score (nSPS) is 13.7. The minimum Gasteiger partial charge on any atom is -0.383 e. The van der Waals surface area contributed by atoms with Crippen molar-refractivity contribution in [2.45, 2.75) is 99.6 Å². The van der Waals surface area contributed by atoms with Crippen molar-refractivity contribution >= 4 is 17.6 Å². The summed E-state index contributed by atoms with van der Waals surface area (Å²) in [6.07, 6.45) is 14.1. The maximum Gasteiger partial charge on any atom is 0.227 e. The molecule has 1 aromatic carbocycles. The molecule has 2 aliphatic rings. The minimum absolute atomic E-state index is 0.155. The van der Waals surface area contributed by atoms with E-state index >= 15 is 0 Å². The molecule has 2 aliphatic heterocycles. The van der Waals surface area contributed by atoms with Gasteiger partial charge in [-0.2, -0.15) is 0 Å². The third kappa shape index (κ3) is 32.0. The van der Waals surface area contributed by atoms with Crippen LogP contribution in [0.4, 0.5) is 10.3 Å². The molecule has 0 aliphatic carbocycles. The molecule has 2 saturated heterocycles. The van der Waals surface area contributed by atoms with Crippen LogP contribution in [-0.4, -0.2) is 186 Å². The van der Waals surface area contributed by atoms with Crippen LogP contribution < -0.4 is 10.0 Å². The third-order valence-electron chi connectivity index (χ3n) is 11.2. The molecular formula is C55H91FN15O4+. The van der Waals surface area contributed by atoms with Crippen molar-refractivity contribution in [2.75, 3.05) is 108 Å². The SMILES string of the molecule is COC1CCN(C(C)=N)C1.COC1CCN(C(C)=N)CC1.COCCNc1nccc(C)n1.Cc1cc[n+](O)cc1CN(C)C.Cc1ccc(F)cc1CN(C)C.Cc1ccnc(CN(C)C)n1.Cc1ccncn1. The summed E-state index contributed by atoms with van der Waals surface area (Å²) in [4.78, 5) is 34.5. The lowest BCUT2D eigenvalue weighted by molar-refractivity contribution is -0.905. The summed E-state index contributed by atoms with van der Waals surface area (Å²) in [5.74, 6) is 2.72. The molecule has 5 aromatic rings. The van der Waals surface area contributed by atoms with Crippen molar-refractivity contribution in [1.29, 1.82) is 10.8 Å². The van der Waals surface area contributed by atoms with Gasteiger partial charge in [0.15, 0.2) is 0 Å². The topological polar surface area (TPSA) is 205 Å². The van der Waals surface area contributed by atoms with Crippen molar-refractivity contribution in [3.8, 4) is 0 Å². The zero-order chi connectivity index (χ0) is 56.3. The monoisotopic (exact) mass is 1040 g/mol. The van der Waals surface area contributed by atoms with Gasteiger partial charge in [0.2, 0.25) is 18.3 Å². The molecule has 6 heterocycles. The minimum atomic E-state index is -0.155. The smallest absolute Gasteiger partial charge is 0.227 e. The fourth-order valence-corrected chi connectivity index (χ4v) is 6.92. The van der Waals surface area contributed by atoms with Crippen molar-refractivity contribution < 1.29 is 28.5 Å². The zero-order valence-electron chi connectivity index (χ0n) is 48.1. The van der Waals surface area contributed by atoms with Gasteiger partial charge in [-0.05, 0) is 157 Å².